The number of amides is 1. The van der Waals surface area contributed by atoms with Gasteiger partial charge < -0.3 is 15.4 Å². The van der Waals surface area contributed by atoms with E-state index < -0.39 is 0 Å². The monoisotopic (exact) mass is 243 g/mol. The summed E-state index contributed by atoms with van der Waals surface area (Å²) in [6.45, 7) is 2.23. The molecule has 1 amide bonds. The van der Waals surface area contributed by atoms with Gasteiger partial charge in [0, 0.05) is 46.3 Å². The van der Waals surface area contributed by atoms with E-state index in [1.807, 2.05) is 7.05 Å². The minimum atomic E-state index is 0.106. The lowest BCUT2D eigenvalue weighted by molar-refractivity contribution is -0.130. The largest absolute Gasteiger partial charge is 0.377 e. The lowest BCUT2D eigenvalue weighted by Crippen LogP contribution is -2.44. The summed E-state index contributed by atoms with van der Waals surface area (Å²) in [4.78, 5) is 15.4. The third-order valence-electron chi connectivity index (χ3n) is 3.32. The van der Waals surface area contributed by atoms with Crippen LogP contribution in [-0.2, 0) is 9.53 Å². The van der Waals surface area contributed by atoms with Gasteiger partial charge in [0.1, 0.15) is 0 Å². The Morgan fingerprint density at radius 1 is 1.47 bits per heavy atom. The summed E-state index contributed by atoms with van der Waals surface area (Å²) in [7, 11) is 5.56. The number of rotatable bonds is 6. The van der Waals surface area contributed by atoms with Gasteiger partial charge in [-0.15, -0.1) is 0 Å². The lowest BCUT2D eigenvalue weighted by atomic mass is 10.1. The molecule has 1 rings (SSSR count). The first-order chi connectivity index (χ1) is 8.04. The van der Waals surface area contributed by atoms with Crippen LogP contribution in [0.5, 0.6) is 0 Å². The molecule has 17 heavy (non-hydrogen) atoms. The van der Waals surface area contributed by atoms with Gasteiger partial charge in [0.15, 0.2) is 0 Å². The second kappa shape index (κ2) is 6.93. The van der Waals surface area contributed by atoms with Crippen molar-refractivity contribution < 1.29 is 9.53 Å². The van der Waals surface area contributed by atoms with Gasteiger partial charge in [0.2, 0.25) is 5.91 Å². The SMILES string of the molecule is CN(C)C(=O)CC(CN)N(C)CC1CCCO1. The molecule has 0 radical (unpaired) electrons. The van der Waals surface area contributed by atoms with Crippen molar-refractivity contribution in [3.63, 3.8) is 0 Å². The minimum Gasteiger partial charge on any atom is -0.377 e. The third-order valence-corrected chi connectivity index (χ3v) is 3.32. The van der Waals surface area contributed by atoms with E-state index in [1.54, 1.807) is 19.0 Å². The topological polar surface area (TPSA) is 58.8 Å². The summed E-state index contributed by atoms with van der Waals surface area (Å²) in [5.41, 5.74) is 5.74. The molecule has 0 aromatic carbocycles. The van der Waals surface area contributed by atoms with E-state index in [0.29, 0.717) is 19.1 Å². The van der Waals surface area contributed by atoms with E-state index in [2.05, 4.69) is 4.90 Å². The second-order valence-electron chi connectivity index (χ2n) is 4.96. The van der Waals surface area contributed by atoms with Gasteiger partial charge in [-0.3, -0.25) is 9.69 Å². The van der Waals surface area contributed by atoms with Crippen LogP contribution >= 0.6 is 0 Å². The maximum Gasteiger partial charge on any atom is 0.223 e. The molecule has 5 heteroatoms. The molecule has 2 atom stereocenters. The molecule has 0 bridgehead atoms. The molecule has 1 fully saturated rings. The molecular formula is C12H25N3O2. The zero-order valence-electron chi connectivity index (χ0n) is 11.2. The molecular weight excluding hydrogens is 218 g/mol. The molecule has 2 unspecified atom stereocenters. The minimum absolute atomic E-state index is 0.106. The Bertz CT molecular complexity index is 240. The Labute approximate surface area is 104 Å². The van der Waals surface area contributed by atoms with Gasteiger partial charge in [-0.05, 0) is 19.9 Å². The van der Waals surface area contributed by atoms with E-state index in [9.17, 15) is 4.79 Å². The van der Waals surface area contributed by atoms with Crippen molar-refractivity contribution in [2.24, 2.45) is 5.73 Å². The van der Waals surface area contributed by atoms with Crippen molar-refractivity contribution in [1.29, 1.82) is 0 Å². The highest BCUT2D eigenvalue weighted by Crippen LogP contribution is 2.14. The quantitative estimate of drug-likeness (QED) is 0.708. The van der Waals surface area contributed by atoms with Crippen molar-refractivity contribution in [3.05, 3.63) is 0 Å². The molecule has 1 aliphatic heterocycles. The molecule has 5 nitrogen and oxygen atoms in total. The summed E-state index contributed by atoms with van der Waals surface area (Å²) in [5.74, 6) is 0.125. The average Bonchev–Trinajstić information content (AvgIpc) is 2.77. The van der Waals surface area contributed by atoms with Crippen molar-refractivity contribution >= 4 is 5.91 Å². The molecule has 0 aromatic heterocycles. The van der Waals surface area contributed by atoms with Crippen LogP contribution in [0.4, 0.5) is 0 Å². The third kappa shape index (κ3) is 4.61. The fraction of sp³-hybridized carbons (Fsp3) is 0.917. The fourth-order valence-corrected chi connectivity index (χ4v) is 2.06. The highest BCUT2D eigenvalue weighted by Gasteiger charge is 2.23. The van der Waals surface area contributed by atoms with E-state index in [1.165, 1.54) is 0 Å². The summed E-state index contributed by atoms with van der Waals surface area (Å²) in [5, 5.41) is 0. The highest BCUT2D eigenvalue weighted by atomic mass is 16.5. The van der Waals surface area contributed by atoms with Crippen molar-refractivity contribution in [1.82, 2.24) is 9.80 Å². The van der Waals surface area contributed by atoms with Gasteiger partial charge in [-0.25, -0.2) is 0 Å². The molecule has 2 N–H and O–H groups in total. The summed E-state index contributed by atoms with van der Waals surface area (Å²) < 4.78 is 5.59. The standard InChI is InChI=1S/C12H25N3O2/c1-14(2)12(16)7-10(8-13)15(3)9-11-5-4-6-17-11/h10-11H,4-9,13H2,1-3H3. The predicted octanol–water partition coefficient (Wildman–Crippen LogP) is -0.0972. The zero-order chi connectivity index (χ0) is 12.8. The van der Waals surface area contributed by atoms with Crippen LogP contribution in [0.25, 0.3) is 0 Å². The molecule has 1 heterocycles. The van der Waals surface area contributed by atoms with Crippen LogP contribution < -0.4 is 5.73 Å². The first-order valence-electron chi connectivity index (χ1n) is 6.26. The number of hydrogen-bond acceptors (Lipinski definition) is 4. The van der Waals surface area contributed by atoms with Crippen LogP contribution in [0.3, 0.4) is 0 Å². The number of ether oxygens (including phenoxy) is 1. The number of nitrogens with zero attached hydrogens (tertiary/aromatic N) is 2. The van der Waals surface area contributed by atoms with Gasteiger partial charge in [-0.2, -0.15) is 0 Å². The van der Waals surface area contributed by atoms with Gasteiger partial charge in [0.25, 0.3) is 0 Å². The van der Waals surface area contributed by atoms with E-state index in [0.717, 1.165) is 26.0 Å². The molecule has 0 aromatic rings. The number of carbonyl (C=O) groups is 1. The Balaban J connectivity index is 2.39. The number of hydrogen-bond donors (Lipinski definition) is 1. The molecule has 0 aliphatic carbocycles. The Morgan fingerprint density at radius 2 is 2.18 bits per heavy atom. The van der Waals surface area contributed by atoms with Crippen LogP contribution in [0.2, 0.25) is 0 Å². The Hall–Kier alpha value is -0.650. The molecule has 1 aliphatic rings. The van der Waals surface area contributed by atoms with Crippen LogP contribution in [0.15, 0.2) is 0 Å². The number of carbonyl (C=O) groups excluding carboxylic acids is 1. The molecule has 0 spiro atoms. The first-order valence-corrected chi connectivity index (χ1v) is 6.26. The second-order valence-corrected chi connectivity index (χ2v) is 4.96. The Morgan fingerprint density at radius 3 is 2.65 bits per heavy atom. The van der Waals surface area contributed by atoms with Gasteiger partial charge in [-0.1, -0.05) is 0 Å². The van der Waals surface area contributed by atoms with E-state index >= 15 is 0 Å². The van der Waals surface area contributed by atoms with Crippen LogP contribution in [0, 0.1) is 0 Å². The first kappa shape index (κ1) is 14.4. The molecule has 0 saturated carbocycles. The van der Waals surface area contributed by atoms with Gasteiger partial charge in [0.05, 0.1) is 6.10 Å². The van der Waals surface area contributed by atoms with Crippen molar-refractivity contribution in [3.8, 4) is 0 Å². The van der Waals surface area contributed by atoms with E-state index in [4.69, 9.17) is 10.5 Å². The van der Waals surface area contributed by atoms with Gasteiger partial charge >= 0.3 is 0 Å². The van der Waals surface area contributed by atoms with Crippen molar-refractivity contribution in [2.75, 3.05) is 40.8 Å². The Kier molecular flexibility index (Phi) is 5.88. The maximum absolute atomic E-state index is 11.7. The molecule has 100 valence electrons. The average molecular weight is 243 g/mol. The highest BCUT2D eigenvalue weighted by molar-refractivity contribution is 5.76. The summed E-state index contributed by atoms with van der Waals surface area (Å²) in [6.07, 6.45) is 3.04. The lowest BCUT2D eigenvalue weighted by Gasteiger charge is -2.29. The number of nitrogens with two attached hydrogens (primary N) is 1. The number of likely N-dealkylation sites (N-methyl/N-ethyl adjacent to an activating group) is 1. The maximum atomic E-state index is 11.7. The van der Waals surface area contributed by atoms with Crippen LogP contribution in [-0.4, -0.2) is 68.7 Å². The normalized spacial score (nSPS) is 21.8. The van der Waals surface area contributed by atoms with Crippen molar-refractivity contribution in [2.45, 2.75) is 31.4 Å². The predicted molar refractivity (Wildman–Crippen MR) is 67.8 cm³/mol. The van der Waals surface area contributed by atoms with Crippen LogP contribution in [0.1, 0.15) is 19.3 Å². The zero-order valence-corrected chi connectivity index (χ0v) is 11.2. The fourth-order valence-electron chi connectivity index (χ4n) is 2.06. The summed E-state index contributed by atoms with van der Waals surface area (Å²) >= 11 is 0. The molecule has 1 saturated heterocycles. The smallest absolute Gasteiger partial charge is 0.223 e. The van der Waals surface area contributed by atoms with E-state index in [-0.39, 0.29) is 11.9 Å². The summed E-state index contributed by atoms with van der Waals surface area (Å²) in [6, 6.07) is 0.106.